The van der Waals surface area contributed by atoms with Gasteiger partial charge >= 0.3 is 0 Å². The third-order valence-corrected chi connectivity index (χ3v) is 5.94. The van der Waals surface area contributed by atoms with Crippen LogP contribution < -0.4 is 11.1 Å². The minimum absolute atomic E-state index is 0.164. The van der Waals surface area contributed by atoms with Crippen LogP contribution in [0.25, 0.3) is 5.78 Å². The van der Waals surface area contributed by atoms with E-state index in [0.717, 1.165) is 23.4 Å². The number of nitrogens with two attached hydrogens (primary N) is 1. The van der Waals surface area contributed by atoms with Crippen LogP contribution in [0.15, 0.2) is 53.7 Å². The maximum atomic E-state index is 12.3. The number of thioether (sulfide) groups is 1. The molecule has 7 nitrogen and oxygen atoms in total. The molecule has 4 rings (SSSR count). The first-order valence-corrected chi connectivity index (χ1v) is 10.9. The number of hydrogen-bond acceptors (Lipinski definition) is 6. The summed E-state index contributed by atoms with van der Waals surface area (Å²) in [6.45, 7) is 6.10. The lowest BCUT2D eigenvalue weighted by Gasteiger charge is -2.10. The summed E-state index contributed by atoms with van der Waals surface area (Å²) >= 11 is 1.27. The van der Waals surface area contributed by atoms with Crippen LogP contribution in [0.4, 0.5) is 11.4 Å². The number of carbonyl (C=O) groups excluding carboxylic acids is 1. The molecule has 31 heavy (non-hydrogen) atoms. The number of amides is 1. The molecule has 0 radical (unpaired) electrons. The van der Waals surface area contributed by atoms with E-state index in [1.54, 1.807) is 16.6 Å². The van der Waals surface area contributed by atoms with Crippen LogP contribution in [-0.4, -0.2) is 31.2 Å². The molecule has 0 spiro atoms. The van der Waals surface area contributed by atoms with Crippen LogP contribution in [-0.2, 0) is 11.2 Å². The average Bonchev–Trinajstić information content (AvgIpc) is 3.16. The number of carbonyl (C=O) groups is 1. The Morgan fingerprint density at radius 1 is 1.06 bits per heavy atom. The lowest BCUT2D eigenvalue weighted by atomic mass is 10.0. The summed E-state index contributed by atoms with van der Waals surface area (Å²) in [5, 5.41) is 7.89. The Bertz CT molecular complexity index is 1250. The normalized spacial score (nSPS) is 11.1. The van der Waals surface area contributed by atoms with Crippen molar-refractivity contribution in [3.63, 3.8) is 0 Å². The van der Waals surface area contributed by atoms with Gasteiger partial charge in [-0.3, -0.25) is 4.79 Å². The summed E-state index contributed by atoms with van der Waals surface area (Å²) in [6, 6.07) is 15.7. The molecule has 0 aliphatic carbocycles. The molecule has 0 aliphatic rings. The van der Waals surface area contributed by atoms with Crippen molar-refractivity contribution in [1.29, 1.82) is 0 Å². The summed E-state index contributed by atoms with van der Waals surface area (Å²) in [5.74, 6) is 0.556. The van der Waals surface area contributed by atoms with Gasteiger partial charge in [0.25, 0.3) is 5.78 Å². The Hall–Kier alpha value is -3.39. The Balaban J connectivity index is 1.50. The van der Waals surface area contributed by atoms with Gasteiger partial charge in [0, 0.05) is 17.8 Å². The van der Waals surface area contributed by atoms with Crippen molar-refractivity contribution in [1.82, 2.24) is 19.6 Å². The lowest BCUT2D eigenvalue weighted by Crippen LogP contribution is -2.15. The molecule has 2 heterocycles. The number of aromatic nitrogens is 4. The molecule has 4 aromatic rings. The molecule has 0 atom stereocenters. The maximum absolute atomic E-state index is 12.3. The maximum Gasteiger partial charge on any atom is 0.253 e. The molecule has 1 amide bonds. The van der Waals surface area contributed by atoms with Gasteiger partial charge in [-0.05, 0) is 44.0 Å². The van der Waals surface area contributed by atoms with Crippen molar-refractivity contribution in [2.24, 2.45) is 0 Å². The van der Waals surface area contributed by atoms with E-state index < -0.39 is 0 Å². The van der Waals surface area contributed by atoms with Crippen molar-refractivity contribution in [3.8, 4) is 0 Å². The number of nitrogen functional groups attached to an aromatic ring is 1. The zero-order chi connectivity index (χ0) is 22.0. The van der Waals surface area contributed by atoms with Crippen LogP contribution in [0, 0.1) is 20.8 Å². The summed E-state index contributed by atoms with van der Waals surface area (Å²) < 4.78 is 1.76. The number of para-hydroxylation sites is 2. The Kier molecular flexibility index (Phi) is 5.90. The fourth-order valence-electron chi connectivity index (χ4n) is 3.34. The van der Waals surface area contributed by atoms with Gasteiger partial charge in [-0.1, -0.05) is 53.7 Å². The first-order valence-electron chi connectivity index (χ1n) is 9.96. The predicted octanol–water partition coefficient (Wildman–Crippen LogP) is 3.95. The van der Waals surface area contributed by atoms with E-state index in [1.807, 2.05) is 26.0 Å². The number of nitrogens with one attached hydrogen (secondary N) is 1. The first kappa shape index (κ1) is 20.9. The zero-order valence-electron chi connectivity index (χ0n) is 17.7. The third kappa shape index (κ3) is 4.69. The molecule has 0 saturated carbocycles. The average molecular weight is 433 g/mol. The van der Waals surface area contributed by atoms with Crippen molar-refractivity contribution < 1.29 is 4.79 Å². The molecule has 158 valence electrons. The number of rotatable bonds is 6. The molecule has 0 bridgehead atoms. The number of nitrogens with zero attached hydrogens (tertiary/aromatic N) is 4. The molecule has 0 saturated heterocycles. The highest BCUT2D eigenvalue weighted by molar-refractivity contribution is 7.99. The SMILES string of the molecule is Cc1ccc(Cc2c(C)nc3nc(SCC(=O)Nc4ccccc4N)nn3c2C)cc1. The third-order valence-electron chi connectivity index (χ3n) is 5.10. The van der Waals surface area contributed by atoms with E-state index in [2.05, 4.69) is 51.6 Å². The van der Waals surface area contributed by atoms with Gasteiger partial charge in [-0.15, -0.1) is 5.10 Å². The summed E-state index contributed by atoms with van der Waals surface area (Å²) in [7, 11) is 0. The smallest absolute Gasteiger partial charge is 0.253 e. The molecule has 0 fully saturated rings. The van der Waals surface area contributed by atoms with E-state index in [4.69, 9.17) is 5.73 Å². The summed E-state index contributed by atoms with van der Waals surface area (Å²) in [5.41, 5.74) is 12.5. The largest absolute Gasteiger partial charge is 0.397 e. The highest BCUT2D eigenvalue weighted by atomic mass is 32.2. The lowest BCUT2D eigenvalue weighted by molar-refractivity contribution is -0.113. The number of benzene rings is 2. The highest BCUT2D eigenvalue weighted by Gasteiger charge is 2.15. The van der Waals surface area contributed by atoms with Gasteiger partial charge in [0.05, 0.1) is 17.1 Å². The Morgan fingerprint density at radius 2 is 1.81 bits per heavy atom. The number of fused-ring (bicyclic) bond motifs is 1. The van der Waals surface area contributed by atoms with E-state index in [1.165, 1.54) is 22.9 Å². The Labute approximate surface area is 185 Å². The fourth-order valence-corrected chi connectivity index (χ4v) is 3.96. The van der Waals surface area contributed by atoms with Gasteiger partial charge in [-0.25, -0.2) is 9.50 Å². The molecule has 2 aromatic carbocycles. The first-order chi connectivity index (χ1) is 14.9. The van der Waals surface area contributed by atoms with Gasteiger partial charge in [-0.2, -0.15) is 4.98 Å². The van der Waals surface area contributed by atoms with Gasteiger partial charge in [0.1, 0.15) is 0 Å². The molecule has 2 aromatic heterocycles. The van der Waals surface area contributed by atoms with E-state index in [-0.39, 0.29) is 11.7 Å². The minimum Gasteiger partial charge on any atom is -0.397 e. The number of anilines is 2. The predicted molar refractivity (Wildman–Crippen MR) is 124 cm³/mol. The highest BCUT2D eigenvalue weighted by Crippen LogP contribution is 2.22. The Morgan fingerprint density at radius 3 is 2.55 bits per heavy atom. The quantitative estimate of drug-likeness (QED) is 0.354. The minimum atomic E-state index is -0.164. The van der Waals surface area contributed by atoms with Gasteiger partial charge < -0.3 is 11.1 Å². The van der Waals surface area contributed by atoms with Crippen molar-refractivity contribution in [3.05, 3.63) is 76.6 Å². The van der Waals surface area contributed by atoms with Crippen LogP contribution in [0.5, 0.6) is 0 Å². The fraction of sp³-hybridized carbons (Fsp3) is 0.217. The second kappa shape index (κ2) is 8.77. The molecular weight excluding hydrogens is 408 g/mol. The topological polar surface area (TPSA) is 98.2 Å². The summed E-state index contributed by atoms with van der Waals surface area (Å²) in [4.78, 5) is 21.4. The monoisotopic (exact) mass is 432 g/mol. The molecule has 3 N–H and O–H groups in total. The van der Waals surface area contributed by atoms with E-state index in [0.29, 0.717) is 22.3 Å². The number of aryl methyl sites for hydroxylation is 3. The van der Waals surface area contributed by atoms with Crippen molar-refractivity contribution in [2.75, 3.05) is 16.8 Å². The van der Waals surface area contributed by atoms with Gasteiger partial charge in [0.15, 0.2) is 0 Å². The van der Waals surface area contributed by atoms with Crippen LogP contribution >= 0.6 is 11.8 Å². The molecule has 8 heteroatoms. The van der Waals surface area contributed by atoms with E-state index >= 15 is 0 Å². The molecule has 0 unspecified atom stereocenters. The van der Waals surface area contributed by atoms with Crippen molar-refractivity contribution in [2.45, 2.75) is 32.3 Å². The second-order valence-corrected chi connectivity index (χ2v) is 8.40. The van der Waals surface area contributed by atoms with Crippen molar-refractivity contribution >= 4 is 34.8 Å². The number of hydrogen-bond donors (Lipinski definition) is 2. The molecular formula is C23H24N6OS. The van der Waals surface area contributed by atoms with E-state index in [9.17, 15) is 4.79 Å². The second-order valence-electron chi connectivity index (χ2n) is 7.45. The zero-order valence-corrected chi connectivity index (χ0v) is 18.5. The van der Waals surface area contributed by atoms with Gasteiger partial charge in [0.2, 0.25) is 11.1 Å². The van der Waals surface area contributed by atoms with Crippen LogP contribution in [0.2, 0.25) is 0 Å². The van der Waals surface area contributed by atoms with Crippen LogP contribution in [0.3, 0.4) is 0 Å². The van der Waals surface area contributed by atoms with Crippen LogP contribution in [0.1, 0.15) is 28.1 Å². The molecule has 0 aliphatic heterocycles. The standard InChI is InChI=1S/C23H24N6OS/c1-14-8-10-17(11-9-14)12-18-15(2)25-22-27-23(28-29(22)16(18)3)31-13-21(30)26-20-7-5-4-6-19(20)24/h4-11H,12-13,24H2,1-3H3,(H,26,30). The summed E-state index contributed by atoms with van der Waals surface area (Å²) in [6.07, 6.45) is 0.782.